The van der Waals surface area contributed by atoms with Crippen molar-refractivity contribution in [2.24, 2.45) is 11.5 Å². The number of halogens is 2. The Labute approximate surface area is 98.0 Å². The second kappa shape index (κ2) is 13.0. The lowest BCUT2D eigenvalue weighted by atomic mass is 10.2. The molecule has 0 aromatic rings. The van der Waals surface area contributed by atoms with E-state index < -0.39 is 6.04 Å². The highest BCUT2D eigenvalue weighted by molar-refractivity contribution is 5.85. The predicted octanol–water partition coefficient (Wildman–Crippen LogP) is 0.422. The number of carbonyl (C=O) groups is 1. The molecule has 0 saturated carbocycles. The van der Waals surface area contributed by atoms with E-state index in [1.807, 2.05) is 0 Å². The molecule has 0 spiro atoms. The zero-order valence-corrected chi connectivity index (χ0v) is 10.1. The van der Waals surface area contributed by atoms with E-state index in [2.05, 4.69) is 5.32 Å². The summed E-state index contributed by atoms with van der Waals surface area (Å²) in [5.74, 6) is -0.0808. The summed E-state index contributed by atoms with van der Waals surface area (Å²) in [4.78, 5) is 10.9. The van der Waals surface area contributed by atoms with Crippen molar-refractivity contribution in [1.82, 2.24) is 5.32 Å². The molecule has 1 atom stereocenters. The van der Waals surface area contributed by atoms with Crippen LogP contribution in [0.1, 0.15) is 26.2 Å². The topological polar surface area (TPSA) is 81.1 Å². The molecule has 88 valence electrons. The molecule has 0 aliphatic heterocycles. The van der Waals surface area contributed by atoms with E-state index in [1.54, 1.807) is 6.92 Å². The Balaban J connectivity index is -0.000000605. The molecule has 1 amide bonds. The maximum Gasteiger partial charge on any atom is 0.236 e. The highest BCUT2D eigenvalue weighted by Crippen LogP contribution is 1.90. The van der Waals surface area contributed by atoms with Crippen LogP contribution in [0.4, 0.5) is 0 Å². The molecular formula is C8H21Cl2N3O. The third-order valence-corrected chi connectivity index (χ3v) is 1.59. The van der Waals surface area contributed by atoms with Crippen molar-refractivity contribution in [2.45, 2.75) is 32.2 Å². The predicted molar refractivity (Wildman–Crippen MR) is 64.1 cm³/mol. The minimum atomic E-state index is -0.403. The van der Waals surface area contributed by atoms with Gasteiger partial charge in [0, 0.05) is 6.54 Å². The first-order valence-corrected chi connectivity index (χ1v) is 4.42. The summed E-state index contributed by atoms with van der Waals surface area (Å²) in [5, 5.41) is 2.74. The maximum absolute atomic E-state index is 10.9. The third-order valence-electron chi connectivity index (χ3n) is 1.59. The number of nitrogens with one attached hydrogen (secondary N) is 1. The third kappa shape index (κ3) is 12.0. The Hall–Kier alpha value is -0.0300. The summed E-state index contributed by atoms with van der Waals surface area (Å²) in [7, 11) is 0. The van der Waals surface area contributed by atoms with Gasteiger partial charge >= 0.3 is 0 Å². The van der Waals surface area contributed by atoms with Gasteiger partial charge in [0.05, 0.1) is 6.04 Å². The fourth-order valence-corrected chi connectivity index (χ4v) is 0.819. The zero-order valence-electron chi connectivity index (χ0n) is 8.49. The molecule has 0 aromatic heterocycles. The molecule has 4 nitrogen and oxygen atoms in total. The SMILES string of the molecule is C[C@@H](N)C(=O)NCCCCCN.Cl.Cl. The Morgan fingerprint density at radius 3 is 2.29 bits per heavy atom. The van der Waals surface area contributed by atoms with Crippen LogP contribution in [0.15, 0.2) is 0 Å². The highest BCUT2D eigenvalue weighted by atomic mass is 35.5. The quantitative estimate of drug-likeness (QED) is 0.594. The molecule has 0 heterocycles. The highest BCUT2D eigenvalue weighted by Gasteiger charge is 2.04. The number of hydrogen-bond donors (Lipinski definition) is 3. The molecule has 0 aromatic carbocycles. The fourth-order valence-electron chi connectivity index (χ4n) is 0.819. The van der Waals surface area contributed by atoms with Crippen molar-refractivity contribution in [3.05, 3.63) is 0 Å². The smallest absolute Gasteiger partial charge is 0.236 e. The van der Waals surface area contributed by atoms with Gasteiger partial charge in [0.2, 0.25) is 5.91 Å². The van der Waals surface area contributed by atoms with Crippen molar-refractivity contribution < 1.29 is 4.79 Å². The first-order chi connectivity index (χ1) is 5.68. The Bertz CT molecular complexity index is 134. The van der Waals surface area contributed by atoms with E-state index in [1.165, 1.54) is 0 Å². The molecule has 0 unspecified atom stereocenters. The van der Waals surface area contributed by atoms with Gasteiger partial charge in [0.25, 0.3) is 0 Å². The molecular weight excluding hydrogens is 225 g/mol. The Morgan fingerprint density at radius 2 is 1.86 bits per heavy atom. The van der Waals surface area contributed by atoms with Crippen LogP contribution in [0.3, 0.4) is 0 Å². The number of nitrogens with two attached hydrogens (primary N) is 2. The first kappa shape index (κ1) is 19.5. The van der Waals surface area contributed by atoms with Gasteiger partial charge in [-0.05, 0) is 26.3 Å². The van der Waals surface area contributed by atoms with Crippen molar-refractivity contribution in [1.29, 1.82) is 0 Å². The molecule has 5 N–H and O–H groups in total. The monoisotopic (exact) mass is 245 g/mol. The van der Waals surface area contributed by atoms with Crippen molar-refractivity contribution in [3.63, 3.8) is 0 Å². The summed E-state index contributed by atoms with van der Waals surface area (Å²) in [5.41, 5.74) is 10.7. The van der Waals surface area contributed by atoms with E-state index in [0.717, 1.165) is 25.8 Å². The van der Waals surface area contributed by atoms with E-state index in [4.69, 9.17) is 11.5 Å². The lowest BCUT2D eigenvalue weighted by Gasteiger charge is -2.06. The molecule has 0 aliphatic carbocycles. The lowest BCUT2D eigenvalue weighted by Crippen LogP contribution is -2.38. The van der Waals surface area contributed by atoms with Crippen molar-refractivity contribution in [3.8, 4) is 0 Å². The van der Waals surface area contributed by atoms with Gasteiger partial charge in [0.1, 0.15) is 0 Å². The number of carbonyl (C=O) groups excluding carboxylic acids is 1. The Morgan fingerprint density at radius 1 is 1.29 bits per heavy atom. The van der Waals surface area contributed by atoms with Gasteiger partial charge in [-0.2, -0.15) is 0 Å². The second-order valence-corrected chi connectivity index (χ2v) is 2.93. The van der Waals surface area contributed by atoms with E-state index >= 15 is 0 Å². The van der Waals surface area contributed by atoms with E-state index in [-0.39, 0.29) is 30.7 Å². The van der Waals surface area contributed by atoms with E-state index in [0.29, 0.717) is 6.54 Å². The average Bonchev–Trinajstić information content (AvgIpc) is 2.03. The van der Waals surface area contributed by atoms with Crippen LogP contribution in [-0.2, 0) is 4.79 Å². The fraction of sp³-hybridized carbons (Fsp3) is 0.875. The summed E-state index contributed by atoms with van der Waals surface area (Å²) in [6, 6.07) is -0.403. The van der Waals surface area contributed by atoms with Crippen molar-refractivity contribution >= 4 is 30.7 Å². The van der Waals surface area contributed by atoms with Crippen molar-refractivity contribution in [2.75, 3.05) is 13.1 Å². The van der Waals surface area contributed by atoms with Crippen LogP contribution >= 0.6 is 24.8 Å². The van der Waals surface area contributed by atoms with Gasteiger partial charge in [-0.15, -0.1) is 24.8 Å². The largest absolute Gasteiger partial charge is 0.355 e. The second-order valence-electron chi connectivity index (χ2n) is 2.93. The number of unbranched alkanes of at least 4 members (excludes halogenated alkanes) is 2. The molecule has 0 bridgehead atoms. The Kier molecular flexibility index (Phi) is 18.1. The lowest BCUT2D eigenvalue weighted by molar-refractivity contribution is -0.121. The average molecular weight is 246 g/mol. The minimum Gasteiger partial charge on any atom is -0.355 e. The van der Waals surface area contributed by atoms with Gasteiger partial charge in [-0.3, -0.25) is 4.79 Å². The summed E-state index contributed by atoms with van der Waals surface area (Å²) < 4.78 is 0. The van der Waals surface area contributed by atoms with Crippen LogP contribution in [0.5, 0.6) is 0 Å². The van der Waals surface area contributed by atoms with Gasteiger partial charge in [-0.1, -0.05) is 6.42 Å². The first-order valence-electron chi connectivity index (χ1n) is 4.42. The minimum absolute atomic E-state index is 0. The molecule has 0 rings (SSSR count). The normalized spacial score (nSPS) is 10.8. The number of hydrogen-bond acceptors (Lipinski definition) is 3. The van der Waals surface area contributed by atoms with Crippen LogP contribution < -0.4 is 16.8 Å². The summed E-state index contributed by atoms with van der Waals surface area (Å²) in [6.07, 6.45) is 3.07. The molecule has 14 heavy (non-hydrogen) atoms. The molecule has 6 heteroatoms. The van der Waals surface area contributed by atoms with Crippen LogP contribution in [0.2, 0.25) is 0 Å². The van der Waals surface area contributed by atoms with Gasteiger partial charge in [-0.25, -0.2) is 0 Å². The zero-order chi connectivity index (χ0) is 9.40. The summed E-state index contributed by atoms with van der Waals surface area (Å²) in [6.45, 7) is 3.11. The molecule has 0 aliphatic rings. The van der Waals surface area contributed by atoms with Gasteiger partial charge in [0.15, 0.2) is 0 Å². The number of amides is 1. The van der Waals surface area contributed by atoms with Gasteiger partial charge < -0.3 is 16.8 Å². The molecule has 0 radical (unpaired) electrons. The molecule has 0 fully saturated rings. The molecule has 0 saturated heterocycles. The van der Waals surface area contributed by atoms with E-state index in [9.17, 15) is 4.79 Å². The van der Waals surface area contributed by atoms with Crippen LogP contribution in [-0.4, -0.2) is 25.0 Å². The van der Waals surface area contributed by atoms with Crippen LogP contribution in [0.25, 0.3) is 0 Å². The maximum atomic E-state index is 10.9. The summed E-state index contributed by atoms with van der Waals surface area (Å²) >= 11 is 0. The van der Waals surface area contributed by atoms with Crippen LogP contribution in [0, 0.1) is 0 Å². The standard InChI is InChI=1S/C8H19N3O.2ClH/c1-7(10)8(12)11-6-4-2-3-5-9;;/h7H,2-6,9-10H2,1H3,(H,11,12);2*1H/t7-;;/m1../s1. The number of rotatable bonds is 6.